The van der Waals surface area contributed by atoms with Gasteiger partial charge in [-0.3, -0.25) is 0 Å². The van der Waals surface area contributed by atoms with E-state index >= 15 is 0 Å². The van der Waals surface area contributed by atoms with Crippen LogP contribution in [0.3, 0.4) is 0 Å². The van der Waals surface area contributed by atoms with Crippen LogP contribution in [0.15, 0.2) is 48.7 Å². The van der Waals surface area contributed by atoms with E-state index in [0.717, 1.165) is 37.5 Å². The SMILES string of the molecule is C/C=C/Oc1ccc(C2CCC(C3CCC(c4ccc(C)cc4)CC3)CC2)c(F)c1F. The summed E-state index contributed by atoms with van der Waals surface area (Å²) in [6, 6.07) is 12.3. The van der Waals surface area contributed by atoms with Crippen LogP contribution in [0.4, 0.5) is 8.78 Å². The van der Waals surface area contributed by atoms with Crippen molar-refractivity contribution in [2.24, 2.45) is 11.8 Å². The van der Waals surface area contributed by atoms with E-state index in [1.807, 2.05) is 0 Å². The predicted octanol–water partition coefficient (Wildman–Crippen LogP) is 8.43. The number of hydrogen-bond acceptors (Lipinski definition) is 1. The number of halogens is 2. The van der Waals surface area contributed by atoms with Gasteiger partial charge in [-0.05, 0) is 106 Å². The lowest BCUT2D eigenvalue weighted by molar-refractivity contribution is 0.176. The van der Waals surface area contributed by atoms with Crippen LogP contribution >= 0.6 is 0 Å². The fourth-order valence-corrected chi connectivity index (χ4v) is 5.76. The maximum atomic E-state index is 14.7. The molecule has 0 unspecified atom stereocenters. The van der Waals surface area contributed by atoms with E-state index in [2.05, 4.69) is 31.2 Å². The molecule has 166 valence electrons. The standard InChI is InChI=1S/C28H34F2O/c1-3-18-31-26-17-16-25(27(29)28(26)30)24-14-12-23(13-15-24)22-10-8-21(9-11-22)20-6-4-19(2)5-7-20/h3-7,16-18,21-24H,8-15H2,1-2H3/b18-3+. The first-order chi connectivity index (χ1) is 15.1. The molecule has 0 radical (unpaired) electrons. The van der Waals surface area contributed by atoms with Gasteiger partial charge in [-0.15, -0.1) is 0 Å². The maximum absolute atomic E-state index is 14.7. The Labute approximate surface area is 185 Å². The molecule has 2 aromatic rings. The van der Waals surface area contributed by atoms with Gasteiger partial charge in [0.1, 0.15) is 0 Å². The second-order valence-electron chi connectivity index (χ2n) is 9.50. The first-order valence-corrected chi connectivity index (χ1v) is 11.9. The normalized spacial score (nSPS) is 26.8. The van der Waals surface area contributed by atoms with E-state index in [4.69, 9.17) is 4.74 Å². The Morgan fingerprint density at radius 1 is 0.742 bits per heavy atom. The molecule has 0 spiro atoms. The van der Waals surface area contributed by atoms with Gasteiger partial charge in [0.15, 0.2) is 11.6 Å². The first-order valence-electron chi connectivity index (χ1n) is 11.9. The molecule has 0 heterocycles. The Bertz CT molecular complexity index is 886. The summed E-state index contributed by atoms with van der Waals surface area (Å²) in [4.78, 5) is 0. The molecule has 0 aliphatic heterocycles. The van der Waals surface area contributed by atoms with Gasteiger partial charge >= 0.3 is 0 Å². The summed E-state index contributed by atoms with van der Waals surface area (Å²) in [6.45, 7) is 3.92. The number of benzene rings is 2. The molecule has 0 bridgehead atoms. The lowest BCUT2D eigenvalue weighted by Gasteiger charge is -2.38. The van der Waals surface area contributed by atoms with Crippen molar-refractivity contribution in [3.05, 3.63) is 77.1 Å². The molecule has 2 aliphatic carbocycles. The number of hydrogen-bond donors (Lipinski definition) is 0. The summed E-state index contributed by atoms with van der Waals surface area (Å²) in [5.41, 5.74) is 3.34. The molecule has 0 amide bonds. The summed E-state index contributed by atoms with van der Waals surface area (Å²) in [5.74, 6) is 0.704. The number of ether oxygens (including phenoxy) is 1. The van der Waals surface area contributed by atoms with E-state index in [1.54, 1.807) is 25.1 Å². The van der Waals surface area contributed by atoms with Crippen LogP contribution in [0.1, 0.15) is 86.8 Å². The lowest BCUT2D eigenvalue weighted by atomic mass is 9.67. The number of rotatable bonds is 5. The molecule has 0 atom stereocenters. The van der Waals surface area contributed by atoms with Gasteiger partial charge in [-0.2, -0.15) is 4.39 Å². The zero-order valence-electron chi connectivity index (χ0n) is 18.7. The van der Waals surface area contributed by atoms with Crippen LogP contribution in [0.5, 0.6) is 5.75 Å². The van der Waals surface area contributed by atoms with Crippen LogP contribution in [0, 0.1) is 30.4 Å². The van der Waals surface area contributed by atoms with Gasteiger partial charge in [0.25, 0.3) is 0 Å². The van der Waals surface area contributed by atoms with Crippen LogP contribution in [-0.2, 0) is 0 Å². The number of allylic oxidation sites excluding steroid dienone is 1. The highest BCUT2D eigenvalue weighted by molar-refractivity contribution is 5.34. The van der Waals surface area contributed by atoms with Crippen molar-refractivity contribution in [3.63, 3.8) is 0 Å². The summed E-state index contributed by atoms with van der Waals surface area (Å²) >= 11 is 0. The molecule has 0 saturated heterocycles. The molecule has 3 heteroatoms. The highest BCUT2D eigenvalue weighted by Crippen LogP contribution is 2.46. The average Bonchev–Trinajstić information content (AvgIpc) is 2.81. The van der Waals surface area contributed by atoms with Gasteiger partial charge in [-0.1, -0.05) is 42.0 Å². The molecule has 4 rings (SSSR count). The van der Waals surface area contributed by atoms with Gasteiger partial charge < -0.3 is 4.74 Å². The molecule has 2 fully saturated rings. The molecular weight excluding hydrogens is 390 g/mol. The van der Waals surface area contributed by atoms with Gasteiger partial charge in [-0.25, -0.2) is 4.39 Å². The minimum Gasteiger partial charge on any atom is -0.462 e. The molecule has 31 heavy (non-hydrogen) atoms. The third kappa shape index (κ3) is 5.02. The maximum Gasteiger partial charge on any atom is 0.201 e. The minimum atomic E-state index is -0.868. The predicted molar refractivity (Wildman–Crippen MR) is 122 cm³/mol. The Morgan fingerprint density at radius 2 is 1.32 bits per heavy atom. The number of aryl methyl sites for hydroxylation is 1. The Morgan fingerprint density at radius 3 is 1.90 bits per heavy atom. The van der Waals surface area contributed by atoms with E-state index < -0.39 is 11.6 Å². The van der Waals surface area contributed by atoms with Crippen molar-refractivity contribution in [2.75, 3.05) is 0 Å². The summed E-state index contributed by atoms with van der Waals surface area (Å²) in [6.07, 6.45) is 12.3. The molecule has 0 aromatic heterocycles. The van der Waals surface area contributed by atoms with Crippen molar-refractivity contribution < 1.29 is 13.5 Å². The van der Waals surface area contributed by atoms with Crippen LogP contribution < -0.4 is 4.74 Å². The smallest absolute Gasteiger partial charge is 0.201 e. The summed E-state index contributed by atoms with van der Waals surface area (Å²) in [5, 5.41) is 0. The van der Waals surface area contributed by atoms with E-state index in [0.29, 0.717) is 11.5 Å². The third-order valence-corrected chi connectivity index (χ3v) is 7.61. The van der Waals surface area contributed by atoms with Crippen LogP contribution in [0.25, 0.3) is 0 Å². The molecule has 2 aliphatic rings. The topological polar surface area (TPSA) is 9.23 Å². The summed E-state index contributed by atoms with van der Waals surface area (Å²) < 4.78 is 34.2. The zero-order chi connectivity index (χ0) is 21.8. The Balaban J connectivity index is 1.31. The molecule has 0 N–H and O–H groups in total. The monoisotopic (exact) mass is 424 g/mol. The van der Waals surface area contributed by atoms with Gasteiger partial charge in [0.05, 0.1) is 6.26 Å². The van der Waals surface area contributed by atoms with Crippen molar-refractivity contribution >= 4 is 0 Å². The van der Waals surface area contributed by atoms with Crippen LogP contribution in [-0.4, -0.2) is 0 Å². The van der Waals surface area contributed by atoms with Crippen LogP contribution in [0.2, 0.25) is 0 Å². The summed E-state index contributed by atoms with van der Waals surface area (Å²) in [7, 11) is 0. The Kier molecular flexibility index (Phi) is 7.09. The molecule has 2 aromatic carbocycles. The second-order valence-corrected chi connectivity index (χ2v) is 9.50. The zero-order valence-corrected chi connectivity index (χ0v) is 18.7. The van der Waals surface area contributed by atoms with E-state index in [9.17, 15) is 8.78 Å². The highest BCUT2D eigenvalue weighted by Gasteiger charge is 2.33. The fraction of sp³-hybridized carbons (Fsp3) is 0.500. The van der Waals surface area contributed by atoms with Gasteiger partial charge in [0.2, 0.25) is 5.82 Å². The van der Waals surface area contributed by atoms with Crippen molar-refractivity contribution in [1.29, 1.82) is 0 Å². The largest absolute Gasteiger partial charge is 0.462 e. The molecule has 1 nitrogen and oxygen atoms in total. The van der Waals surface area contributed by atoms with Crippen molar-refractivity contribution in [1.82, 2.24) is 0 Å². The quantitative estimate of drug-likeness (QED) is 0.438. The van der Waals surface area contributed by atoms with E-state index in [-0.39, 0.29) is 11.7 Å². The molecular formula is C28H34F2O. The second kappa shape index (κ2) is 9.97. The average molecular weight is 425 g/mol. The third-order valence-electron chi connectivity index (χ3n) is 7.61. The first kappa shape index (κ1) is 22.0. The van der Waals surface area contributed by atoms with E-state index in [1.165, 1.54) is 43.1 Å². The highest BCUT2D eigenvalue weighted by atomic mass is 19.2. The minimum absolute atomic E-state index is 0.0432. The van der Waals surface area contributed by atoms with Crippen molar-refractivity contribution in [2.45, 2.75) is 77.0 Å². The molecule has 2 saturated carbocycles. The van der Waals surface area contributed by atoms with Crippen molar-refractivity contribution in [3.8, 4) is 5.75 Å². The fourth-order valence-electron chi connectivity index (χ4n) is 5.76. The van der Waals surface area contributed by atoms with Gasteiger partial charge in [0, 0.05) is 0 Å². The lowest BCUT2D eigenvalue weighted by Crippen LogP contribution is -2.25. The Hall–Kier alpha value is -2.16.